The molecule has 0 aliphatic carbocycles. The molecule has 2 aromatic carbocycles. The Morgan fingerprint density at radius 1 is 0.864 bits per heavy atom. The van der Waals surface area contributed by atoms with E-state index in [0.29, 0.717) is 6.61 Å². The predicted octanol–water partition coefficient (Wildman–Crippen LogP) is 3.56. The Morgan fingerprint density at radius 3 is 2.18 bits per heavy atom. The van der Waals surface area contributed by atoms with Crippen LogP contribution in [0.5, 0.6) is 0 Å². The first-order valence-electron chi connectivity index (χ1n) is 7.22. The molecule has 0 unspecified atom stereocenters. The van der Waals surface area contributed by atoms with Crippen molar-refractivity contribution >= 4 is 11.9 Å². The molecule has 22 heavy (non-hydrogen) atoms. The van der Waals surface area contributed by atoms with Gasteiger partial charge in [-0.05, 0) is 37.0 Å². The summed E-state index contributed by atoms with van der Waals surface area (Å²) < 4.78 is 5.15. The van der Waals surface area contributed by atoms with Crippen molar-refractivity contribution in [2.45, 2.75) is 19.3 Å². The van der Waals surface area contributed by atoms with E-state index in [9.17, 15) is 9.59 Å². The largest absolute Gasteiger partial charge is 0.478 e. The summed E-state index contributed by atoms with van der Waals surface area (Å²) in [4.78, 5) is 23.0. The van der Waals surface area contributed by atoms with Gasteiger partial charge in [0.1, 0.15) is 0 Å². The maximum Gasteiger partial charge on any atom is 0.339 e. The summed E-state index contributed by atoms with van der Waals surface area (Å²) in [6.45, 7) is 0.291. The SMILES string of the molecule is O=C(O)c1ccccc1C(=O)OCCCCc1ccccc1. The minimum absolute atomic E-state index is 0.0308. The van der Waals surface area contributed by atoms with Gasteiger partial charge < -0.3 is 9.84 Å². The Bertz CT molecular complexity index is 635. The molecule has 114 valence electrons. The number of ether oxygens (including phenoxy) is 1. The number of carboxylic acid groups (broad SMARTS) is 1. The van der Waals surface area contributed by atoms with E-state index in [1.54, 1.807) is 12.1 Å². The second-order valence-corrected chi connectivity index (χ2v) is 4.93. The fourth-order valence-electron chi connectivity index (χ4n) is 2.17. The van der Waals surface area contributed by atoms with Crippen LogP contribution in [0.3, 0.4) is 0 Å². The van der Waals surface area contributed by atoms with Crippen LogP contribution in [0.1, 0.15) is 39.1 Å². The topological polar surface area (TPSA) is 63.6 Å². The highest BCUT2D eigenvalue weighted by atomic mass is 16.5. The van der Waals surface area contributed by atoms with Crippen molar-refractivity contribution in [1.29, 1.82) is 0 Å². The van der Waals surface area contributed by atoms with Crippen LogP contribution in [0.4, 0.5) is 0 Å². The fourth-order valence-corrected chi connectivity index (χ4v) is 2.17. The zero-order valence-electron chi connectivity index (χ0n) is 12.2. The summed E-state index contributed by atoms with van der Waals surface area (Å²) in [6.07, 6.45) is 2.60. The first-order valence-corrected chi connectivity index (χ1v) is 7.22. The first-order chi connectivity index (χ1) is 10.7. The third kappa shape index (κ3) is 4.45. The molecule has 4 heteroatoms. The summed E-state index contributed by atoms with van der Waals surface area (Å²) in [7, 11) is 0. The van der Waals surface area contributed by atoms with Crippen molar-refractivity contribution in [3.8, 4) is 0 Å². The van der Waals surface area contributed by atoms with Gasteiger partial charge in [-0.25, -0.2) is 9.59 Å². The van der Waals surface area contributed by atoms with E-state index in [2.05, 4.69) is 12.1 Å². The van der Waals surface area contributed by atoms with E-state index < -0.39 is 11.9 Å². The van der Waals surface area contributed by atoms with E-state index in [1.165, 1.54) is 17.7 Å². The Labute approximate surface area is 129 Å². The Balaban J connectivity index is 1.78. The smallest absolute Gasteiger partial charge is 0.339 e. The number of carbonyl (C=O) groups is 2. The van der Waals surface area contributed by atoms with Crippen molar-refractivity contribution in [3.63, 3.8) is 0 Å². The first kappa shape index (κ1) is 15.8. The van der Waals surface area contributed by atoms with E-state index >= 15 is 0 Å². The molecule has 0 aliphatic rings. The number of carboxylic acids is 1. The van der Waals surface area contributed by atoms with E-state index in [4.69, 9.17) is 9.84 Å². The van der Waals surface area contributed by atoms with Crippen molar-refractivity contribution in [3.05, 3.63) is 71.3 Å². The number of aryl methyl sites for hydroxylation is 1. The molecule has 0 bridgehead atoms. The van der Waals surface area contributed by atoms with Crippen LogP contribution in [-0.4, -0.2) is 23.7 Å². The highest BCUT2D eigenvalue weighted by molar-refractivity contribution is 6.02. The number of unbranched alkanes of at least 4 members (excludes halogenated alkanes) is 1. The molecule has 0 heterocycles. The summed E-state index contributed by atoms with van der Waals surface area (Å²) in [5.74, 6) is -1.71. The molecule has 4 nitrogen and oxygen atoms in total. The van der Waals surface area contributed by atoms with Gasteiger partial charge in [0.05, 0.1) is 17.7 Å². The molecule has 2 aromatic rings. The normalized spacial score (nSPS) is 10.2. The second kappa shape index (κ2) is 7.98. The molecule has 0 saturated carbocycles. The van der Waals surface area contributed by atoms with Gasteiger partial charge in [-0.3, -0.25) is 0 Å². The quantitative estimate of drug-likeness (QED) is 0.627. The highest BCUT2D eigenvalue weighted by Gasteiger charge is 2.16. The number of rotatable bonds is 7. The van der Waals surface area contributed by atoms with E-state index in [0.717, 1.165) is 19.3 Å². The summed E-state index contributed by atoms with van der Waals surface area (Å²) in [6, 6.07) is 16.2. The maximum absolute atomic E-state index is 11.9. The number of benzene rings is 2. The lowest BCUT2D eigenvalue weighted by Gasteiger charge is -2.07. The predicted molar refractivity (Wildman–Crippen MR) is 83.1 cm³/mol. The van der Waals surface area contributed by atoms with Crippen LogP contribution < -0.4 is 0 Å². The molecule has 0 aliphatic heterocycles. The maximum atomic E-state index is 11.9. The third-order valence-electron chi connectivity index (χ3n) is 3.31. The Hall–Kier alpha value is -2.62. The molecule has 0 fully saturated rings. The van der Waals surface area contributed by atoms with Gasteiger partial charge in [0.15, 0.2) is 0 Å². The zero-order chi connectivity index (χ0) is 15.8. The molecule has 0 saturated heterocycles. The van der Waals surface area contributed by atoms with E-state index in [1.807, 2.05) is 18.2 Å². The number of hydrogen-bond donors (Lipinski definition) is 1. The molecule has 0 atom stereocenters. The van der Waals surface area contributed by atoms with Crippen LogP contribution in [0.15, 0.2) is 54.6 Å². The van der Waals surface area contributed by atoms with Gasteiger partial charge in [-0.2, -0.15) is 0 Å². The lowest BCUT2D eigenvalue weighted by atomic mass is 10.1. The minimum Gasteiger partial charge on any atom is -0.478 e. The summed E-state index contributed by atoms with van der Waals surface area (Å²) in [5, 5.41) is 9.04. The summed E-state index contributed by atoms with van der Waals surface area (Å²) >= 11 is 0. The van der Waals surface area contributed by atoms with Crippen LogP contribution in [-0.2, 0) is 11.2 Å². The van der Waals surface area contributed by atoms with E-state index in [-0.39, 0.29) is 11.1 Å². The number of esters is 1. The Morgan fingerprint density at radius 2 is 1.50 bits per heavy atom. The van der Waals surface area contributed by atoms with Crippen molar-refractivity contribution in [1.82, 2.24) is 0 Å². The minimum atomic E-state index is -1.13. The van der Waals surface area contributed by atoms with Crippen molar-refractivity contribution < 1.29 is 19.4 Å². The van der Waals surface area contributed by atoms with Crippen molar-refractivity contribution in [2.24, 2.45) is 0 Å². The van der Waals surface area contributed by atoms with Gasteiger partial charge in [0, 0.05) is 0 Å². The standard InChI is InChI=1S/C18H18O4/c19-17(20)15-11-4-5-12-16(15)18(21)22-13-7-6-10-14-8-2-1-3-9-14/h1-5,8-9,11-12H,6-7,10,13H2,(H,19,20). The van der Waals surface area contributed by atoms with Gasteiger partial charge in [0.2, 0.25) is 0 Å². The number of carbonyl (C=O) groups excluding carboxylic acids is 1. The van der Waals surface area contributed by atoms with Gasteiger partial charge >= 0.3 is 11.9 Å². The fraction of sp³-hybridized carbons (Fsp3) is 0.222. The number of hydrogen-bond acceptors (Lipinski definition) is 3. The number of aromatic carboxylic acids is 1. The molecule has 0 aromatic heterocycles. The average molecular weight is 298 g/mol. The molecular weight excluding hydrogens is 280 g/mol. The molecular formula is C18H18O4. The Kier molecular flexibility index (Phi) is 5.72. The second-order valence-electron chi connectivity index (χ2n) is 4.93. The van der Waals surface area contributed by atoms with Gasteiger partial charge in [-0.1, -0.05) is 42.5 Å². The lowest BCUT2D eigenvalue weighted by Crippen LogP contribution is -2.12. The zero-order valence-corrected chi connectivity index (χ0v) is 12.2. The molecule has 2 rings (SSSR count). The highest BCUT2D eigenvalue weighted by Crippen LogP contribution is 2.11. The van der Waals surface area contributed by atoms with Gasteiger partial charge in [0.25, 0.3) is 0 Å². The van der Waals surface area contributed by atoms with Crippen molar-refractivity contribution in [2.75, 3.05) is 6.61 Å². The van der Waals surface area contributed by atoms with Crippen LogP contribution in [0, 0.1) is 0 Å². The molecule has 1 N–H and O–H groups in total. The summed E-state index contributed by atoms with van der Waals surface area (Å²) in [5.41, 5.74) is 1.32. The van der Waals surface area contributed by atoms with Crippen LogP contribution in [0.25, 0.3) is 0 Å². The monoisotopic (exact) mass is 298 g/mol. The van der Waals surface area contributed by atoms with Crippen LogP contribution in [0.2, 0.25) is 0 Å². The third-order valence-corrected chi connectivity index (χ3v) is 3.31. The molecule has 0 radical (unpaired) electrons. The molecule has 0 spiro atoms. The molecule has 0 amide bonds. The van der Waals surface area contributed by atoms with Gasteiger partial charge in [-0.15, -0.1) is 0 Å². The average Bonchev–Trinajstić information content (AvgIpc) is 2.55. The van der Waals surface area contributed by atoms with Crippen LogP contribution >= 0.6 is 0 Å². The lowest BCUT2D eigenvalue weighted by molar-refractivity contribution is 0.0488.